The predicted molar refractivity (Wildman–Crippen MR) is 114 cm³/mol. The van der Waals surface area contributed by atoms with Crippen molar-refractivity contribution >= 4 is 39.3 Å². The molecule has 0 fully saturated rings. The Hall–Kier alpha value is -3.90. The van der Waals surface area contributed by atoms with Gasteiger partial charge in [0.25, 0.3) is 11.6 Å². The van der Waals surface area contributed by atoms with Crippen molar-refractivity contribution in [2.24, 2.45) is 0 Å². The number of halogens is 1. The largest absolute Gasteiger partial charge is 0.496 e. The first kappa shape index (κ1) is 20.8. The Morgan fingerprint density at radius 1 is 1.27 bits per heavy atom. The van der Waals surface area contributed by atoms with Crippen LogP contribution in [0.15, 0.2) is 69.1 Å². The van der Waals surface area contributed by atoms with E-state index >= 15 is 0 Å². The highest BCUT2D eigenvalue weighted by Crippen LogP contribution is 2.34. The number of benzene rings is 2. The van der Waals surface area contributed by atoms with Crippen molar-refractivity contribution in [1.82, 2.24) is 0 Å². The molecule has 1 aromatic heterocycles. The van der Waals surface area contributed by atoms with Crippen LogP contribution >= 0.6 is 15.9 Å². The highest BCUT2D eigenvalue weighted by molar-refractivity contribution is 9.10. The lowest BCUT2D eigenvalue weighted by Crippen LogP contribution is -2.13. The number of nitrogens with zero attached hydrogens (tertiary/aromatic N) is 2. The Bertz CT molecular complexity index is 1190. The molecule has 0 aliphatic heterocycles. The molecule has 1 amide bonds. The van der Waals surface area contributed by atoms with Gasteiger partial charge in [-0.25, -0.2) is 0 Å². The van der Waals surface area contributed by atoms with Crippen LogP contribution in [-0.2, 0) is 4.79 Å². The van der Waals surface area contributed by atoms with E-state index in [1.807, 2.05) is 12.1 Å². The van der Waals surface area contributed by atoms with Gasteiger partial charge in [0, 0.05) is 28.4 Å². The molecule has 2 aromatic carbocycles. The third kappa shape index (κ3) is 4.74. The first-order valence-electron chi connectivity index (χ1n) is 8.52. The van der Waals surface area contributed by atoms with E-state index in [1.54, 1.807) is 30.3 Å². The highest BCUT2D eigenvalue weighted by atomic mass is 79.9. The second-order valence-corrected chi connectivity index (χ2v) is 6.89. The fraction of sp³-hybridized carbons (Fsp3) is 0.0476. The molecule has 0 aliphatic carbocycles. The van der Waals surface area contributed by atoms with Gasteiger partial charge < -0.3 is 14.5 Å². The minimum Gasteiger partial charge on any atom is -0.496 e. The first-order valence-corrected chi connectivity index (χ1v) is 9.32. The van der Waals surface area contributed by atoms with Gasteiger partial charge in [-0.2, -0.15) is 5.26 Å². The Balaban J connectivity index is 1.88. The predicted octanol–water partition coefficient (Wildman–Crippen LogP) is 5.17. The maximum Gasteiger partial charge on any atom is 0.270 e. The van der Waals surface area contributed by atoms with Crippen LogP contribution in [0.4, 0.5) is 11.4 Å². The van der Waals surface area contributed by atoms with Crippen LogP contribution in [0.5, 0.6) is 5.75 Å². The van der Waals surface area contributed by atoms with Crippen molar-refractivity contribution in [3.63, 3.8) is 0 Å². The lowest BCUT2D eigenvalue weighted by atomic mass is 10.1. The maximum absolute atomic E-state index is 12.4. The van der Waals surface area contributed by atoms with Gasteiger partial charge in [-0.05, 0) is 36.4 Å². The molecule has 150 valence electrons. The molecule has 3 aromatic rings. The maximum atomic E-state index is 12.4. The topological polar surface area (TPSA) is 118 Å². The number of non-ortho nitro benzene ring substituents is 1. The molecule has 9 heteroatoms. The zero-order chi connectivity index (χ0) is 21.7. The zero-order valence-corrected chi connectivity index (χ0v) is 17.2. The molecule has 1 N–H and O–H groups in total. The number of methoxy groups -OCH3 is 1. The Kier molecular flexibility index (Phi) is 6.29. The van der Waals surface area contributed by atoms with E-state index in [-0.39, 0.29) is 17.0 Å². The number of carbonyl (C=O) groups excluding carboxylic acids is 1. The third-order valence-corrected chi connectivity index (χ3v) is 4.51. The summed E-state index contributed by atoms with van der Waals surface area (Å²) in [6.45, 7) is 0. The van der Waals surface area contributed by atoms with Crippen LogP contribution in [0.3, 0.4) is 0 Å². The number of amides is 1. The van der Waals surface area contributed by atoms with Crippen molar-refractivity contribution in [2.75, 3.05) is 12.4 Å². The van der Waals surface area contributed by atoms with Gasteiger partial charge in [0.05, 0.1) is 17.6 Å². The first-order chi connectivity index (χ1) is 14.4. The molecule has 1 heterocycles. The fourth-order valence-corrected chi connectivity index (χ4v) is 3.03. The highest BCUT2D eigenvalue weighted by Gasteiger charge is 2.17. The average Bonchev–Trinajstić information content (AvgIpc) is 3.19. The summed E-state index contributed by atoms with van der Waals surface area (Å²) in [5.74, 6) is 0.325. The molecule has 0 saturated heterocycles. The smallest absolute Gasteiger partial charge is 0.270 e. The Morgan fingerprint density at radius 3 is 2.73 bits per heavy atom. The molecule has 0 radical (unpaired) electrons. The molecule has 0 bridgehead atoms. The number of nitro benzene ring substituents is 1. The lowest BCUT2D eigenvalue weighted by Gasteiger charge is -2.06. The van der Waals surface area contributed by atoms with E-state index in [1.165, 1.54) is 31.4 Å². The van der Waals surface area contributed by atoms with Crippen LogP contribution < -0.4 is 10.1 Å². The molecule has 3 rings (SSSR count). The van der Waals surface area contributed by atoms with Crippen LogP contribution in [0, 0.1) is 21.4 Å². The fourth-order valence-electron chi connectivity index (χ4n) is 2.63. The molecule has 0 saturated carbocycles. The van der Waals surface area contributed by atoms with E-state index in [0.717, 1.165) is 4.47 Å². The Labute approximate surface area is 179 Å². The molecular formula is C21H14BrN3O5. The van der Waals surface area contributed by atoms with E-state index in [9.17, 15) is 20.2 Å². The SMILES string of the molecule is COc1ccc([N+](=O)[O-])cc1-c1ccc(C=C(C#N)C(=O)Nc2cccc(Br)c2)o1. The number of ether oxygens (including phenoxy) is 1. The van der Waals surface area contributed by atoms with Gasteiger partial charge in [0.15, 0.2) is 0 Å². The quantitative estimate of drug-likeness (QED) is 0.231. The lowest BCUT2D eigenvalue weighted by molar-refractivity contribution is -0.384. The van der Waals surface area contributed by atoms with Crippen molar-refractivity contribution < 1.29 is 18.9 Å². The van der Waals surface area contributed by atoms with Gasteiger partial charge in [-0.1, -0.05) is 22.0 Å². The number of rotatable bonds is 6. The van der Waals surface area contributed by atoms with E-state index in [4.69, 9.17) is 9.15 Å². The van der Waals surface area contributed by atoms with Crippen LogP contribution in [-0.4, -0.2) is 17.9 Å². The monoisotopic (exact) mass is 467 g/mol. The van der Waals surface area contributed by atoms with Gasteiger partial charge >= 0.3 is 0 Å². The van der Waals surface area contributed by atoms with E-state index in [2.05, 4.69) is 21.2 Å². The third-order valence-electron chi connectivity index (χ3n) is 4.02. The normalized spacial score (nSPS) is 10.9. The van der Waals surface area contributed by atoms with Crippen molar-refractivity contribution in [3.05, 3.63) is 80.5 Å². The number of furan rings is 1. The summed E-state index contributed by atoms with van der Waals surface area (Å²) < 4.78 is 11.7. The number of anilines is 1. The molecule has 0 spiro atoms. The molecular weight excluding hydrogens is 454 g/mol. The molecule has 0 atom stereocenters. The molecule has 0 unspecified atom stereocenters. The van der Waals surface area contributed by atoms with Crippen molar-refractivity contribution in [2.45, 2.75) is 0 Å². The number of nitrogens with one attached hydrogen (secondary N) is 1. The summed E-state index contributed by atoms with van der Waals surface area (Å²) in [6.07, 6.45) is 1.29. The minimum absolute atomic E-state index is 0.120. The zero-order valence-electron chi connectivity index (χ0n) is 15.6. The van der Waals surface area contributed by atoms with Gasteiger partial charge in [-0.3, -0.25) is 14.9 Å². The minimum atomic E-state index is -0.596. The number of hydrogen-bond acceptors (Lipinski definition) is 6. The second-order valence-electron chi connectivity index (χ2n) is 5.98. The van der Waals surface area contributed by atoms with Crippen LogP contribution in [0.25, 0.3) is 17.4 Å². The molecule has 8 nitrogen and oxygen atoms in total. The van der Waals surface area contributed by atoms with Gasteiger partial charge in [0.1, 0.15) is 28.9 Å². The average molecular weight is 468 g/mol. The van der Waals surface area contributed by atoms with E-state index in [0.29, 0.717) is 22.8 Å². The summed E-state index contributed by atoms with van der Waals surface area (Å²) in [4.78, 5) is 22.9. The van der Waals surface area contributed by atoms with Crippen molar-refractivity contribution in [3.8, 4) is 23.1 Å². The van der Waals surface area contributed by atoms with Crippen LogP contribution in [0.2, 0.25) is 0 Å². The van der Waals surface area contributed by atoms with Crippen LogP contribution in [0.1, 0.15) is 5.76 Å². The van der Waals surface area contributed by atoms with E-state index < -0.39 is 10.8 Å². The summed E-state index contributed by atoms with van der Waals surface area (Å²) in [5.41, 5.74) is 0.618. The number of nitriles is 1. The summed E-state index contributed by atoms with van der Waals surface area (Å²) in [5, 5.41) is 23.1. The number of hydrogen-bond donors (Lipinski definition) is 1. The second kappa shape index (κ2) is 9.07. The number of nitro groups is 1. The van der Waals surface area contributed by atoms with Crippen molar-refractivity contribution in [1.29, 1.82) is 5.26 Å². The molecule has 0 aliphatic rings. The standard InChI is InChI=1S/C21H14BrN3O5/c1-29-19-7-5-16(25(27)28)11-18(19)20-8-6-17(30-20)9-13(12-23)21(26)24-15-4-2-3-14(22)10-15/h2-11H,1H3,(H,24,26). The Morgan fingerprint density at radius 2 is 2.07 bits per heavy atom. The summed E-state index contributed by atoms with van der Waals surface area (Å²) in [6, 6.07) is 16.1. The van der Waals surface area contributed by atoms with Gasteiger partial charge in [0.2, 0.25) is 0 Å². The summed E-state index contributed by atoms with van der Waals surface area (Å²) in [7, 11) is 1.44. The van der Waals surface area contributed by atoms with Gasteiger partial charge in [-0.15, -0.1) is 0 Å². The molecule has 30 heavy (non-hydrogen) atoms. The summed E-state index contributed by atoms with van der Waals surface area (Å²) >= 11 is 3.31. The number of carbonyl (C=O) groups is 1.